The highest BCUT2D eigenvalue weighted by Gasteiger charge is 2.11. The lowest BCUT2D eigenvalue weighted by molar-refractivity contribution is 0.550. The summed E-state index contributed by atoms with van der Waals surface area (Å²) in [5, 5.41) is 3.56. The van der Waals surface area contributed by atoms with E-state index in [1.807, 2.05) is 18.2 Å². The van der Waals surface area contributed by atoms with Gasteiger partial charge < -0.3 is 10.3 Å². The Morgan fingerprint density at radius 3 is 2.48 bits per heavy atom. The Hall–Kier alpha value is -2.13. The summed E-state index contributed by atoms with van der Waals surface area (Å²) >= 11 is 0. The van der Waals surface area contributed by atoms with E-state index in [1.165, 1.54) is 16.7 Å². The molecular formula is C18H21N3. The van der Waals surface area contributed by atoms with Crippen LogP contribution in [0.25, 0.3) is 11.0 Å². The van der Waals surface area contributed by atoms with E-state index >= 15 is 0 Å². The number of para-hydroxylation sites is 2. The van der Waals surface area contributed by atoms with Gasteiger partial charge in [-0.05, 0) is 49.6 Å². The first-order valence-corrected chi connectivity index (χ1v) is 7.38. The monoisotopic (exact) mass is 279 g/mol. The van der Waals surface area contributed by atoms with Gasteiger partial charge in [0.1, 0.15) is 5.82 Å². The van der Waals surface area contributed by atoms with Gasteiger partial charge in [-0.1, -0.05) is 30.3 Å². The van der Waals surface area contributed by atoms with E-state index in [0.717, 1.165) is 23.4 Å². The third kappa shape index (κ3) is 2.83. The first-order valence-electron chi connectivity index (χ1n) is 7.38. The summed E-state index contributed by atoms with van der Waals surface area (Å²) in [5.74, 6) is 0.988. The highest BCUT2D eigenvalue weighted by atomic mass is 15.0. The van der Waals surface area contributed by atoms with Crippen LogP contribution in [0.2, 0.25) is 0 Å². The number of nitrogens with one attached hydrogen (secondary N) is 2. The predicted octanol–water partition coefficient (Wildman–Crippen LogP) is 4.03. The molecule has 0 aliphatic heterocycles. The van der Waals surface area contributed by atoms with Crippen molar-refractivity contribution in [1.82, 2.24) is 15.3 Å². The molecule has 0 saturated heterocycles. The van der Waals surface area contributed by atoms with Gasteiger partial charge in [-0.25, -0.2) is 4.98 Å². The summed E-state index contributed by atoms with van der Waals surface area (Å²) in [6.07, 6.45) is 0. The van der Waals surface area contributed by atoms with E-state index in [1.54, 1.807) is 0 Å². The molecule has 3 rings (SSSR count). The lowest BCUT2D eigenvalue weighted by atomic mass is 10.0. The molecule has 1 unspecified atom stereocenters. The zero-order valence-electron chi connectivity index (χ0n) is 12.8. The highest BCUT2D eigenvalue weighted by molar-refractivity contribution is 5.74. The molecule has 1 atom stereocenters. The molecule has 0 fully saturated rings. The summed E-state index contributed by atoms with van der Waals surface area (Å²) in [5.41, 5.74) is 6.15. The molecule has 0 saturated carbocycles. The molecule has 1 heterocycles. The Morgan fingerprint density at radius 1 is 1.05 bits per heavy atom. The largest absolute Gasteiger partial charge is 0.341 e. The van der Waals surface area contributed by atoms with Gasteiger partial charge in [-0.2, -0.15) is 0 Å². The second-order valence-electron chi connectivity index (χ2n) is 5.61. The lowest BCUT2D eigenvalue weighted by Crippen LogP contribution is -2.20. The SMILES string of the molecule is Cc1cccc(C)c1CNC(C)c1nc2ccccc2[nH]1. The van der Waals surface area contributed by atoms with E-state index in [4.69, 9.17) is 0 Å². The smallest absolute Gasteiger partial charge is 0.124 e. The number of aryl methyl sites for hydroxylation is 2. The van der Waals surface area contributed by atoms with Crippen molar-refractivity contribution in [1.29, 1.82) is 0 Å². The van der Waals surface area contributed by atoms with Crippen LogP contribution in [0, 0.1) is 13.8 Å². The van der Waals surface area contributed by atoms with Gasteiger partial charge in [0.2, 0.25) is 0 Å². The van der Waals surface area contributed by atoms with E-state index in [0.29, 0.717) is 0 Å². The maximum absolute atomic E-state index is 4.65. The van der Waals surface area contributed by atoms with Gasteiger partial charge in [0.25, 0.3) is 0 Å². The molecule has 0 bridgehead atoms. The number of hydrogen-bond acceptors (Lipinski definition) is 2. The Bertz CT molecular complexity index is 705. The highest BCUT2D eigenvalue weighted by Crippen LogP contribution is 2.18. The van der Waals surface area contributed by atoms with Gasteiger partial charge in [0.05, 0.1) is 17.1 Å². The van der Waals surface area contributed by atoms with Crippen molar-refractivity contribution < 1.29 is 0 Å². The average Bonchev–Trinajstić information content (AvgIpc) is 2.90. The predicted molar refractivity (Wildman–Crippen MR) is 87.3 cm³/mol. The van der Waals surface area contributed by atoms with Gasteiger partial charge in [-0.3, -0.25) is 0 Å². The van der Waals surface area contributed by atoms with Crippen molar-refractivity contribution in [2.75, 3.05) is 0 Å². The molecule has 0 aliphatic rings. The Kier molecular flexibility index (Phi) is 3.76. The van der Waals surface area contributed by atoms with Crippen LogP contribution >= 0.6 is 0 Å². The van der Waals surface area contributed by atoms with Crippen molar-refractivity contribution in [3.05, 3.63) is 65.0 Å². The van der Waals surface area contributed by atoms with Crippen molar-refractivity contribution in [2.45, 2.75) is 33.4 Å². The molecule has 2 aromatic carbocycles. The van der Waals surface area contributed by atoms with Crippen molar-refractivity contribution in [3.63, 3.8) is 0 Å². The number of fused-ring (bicyclic) bond motifs is 1. The molecule has 21 heavy (non-hydrogen) atoms. The number of hydrogen-bond donors (Lipinski definition) is 2. The van der Waals surface area contributed by atoms with Crippen molar-refractivity contribution in [2.24, 2.45) is 0 Å². The minimum Gasteiger partial charge on any atom is -0.341 e. The Labute approximate surface area is 125 Å². The fourth-order valence-corrected chi connectivity index (χ4v) is 2.66. The maximum Gasteiger partial charge on any atom is 0.124 e. The minimum atomic E-state index is 0.191. The number of benzene rings is 2. The van der Waals surface area contributed by atoms with Crippen LogP contribution in [0.4, 0.5) is 0 Å². The molecule has 0 spiro atoms. The Morgan fingerprint density at radius 2 is 1.76 bits per heavy atom. The molecule has 3 nitrogen and oxygen atoms in total. The number of nitrogens with zero attached hydrogens (tertiary/aromatic N) is 1. The summed E-state index contributed by atoms with van der Waals surface area (Å²) in [7, 11) is 0. The molecular weight excluding hydrogens is 258 g/mol. The lowest BCUT2D eigenvalue weighted by Gasteiger charge is -2.14. The molecule has 0 radical (unpaired) electrons. The molecule has 3 heteroatoms. The van der Waals surface area contributed by atoms with E-state index in [2.05, 4.69) is 60.3 Å². The molecule has 3 aromatic rings. The van der Waals surface area contributed by atoms with E-state index in [-0.39, 0.29) is 6.04 Å². The number of imidazole rings is 1. The molecule has 108 valence electrons. The van der Waals surface area contributed by atoms with Gasteiger partial charge in [0, 0.05) is 6.54 Å². The third-order valence-electron chi connectivity index (χ3n) is 4.05. The van der Waals surface area contributed by atoms with Gasteiger partial charge in [-0.15, -0.1) is 0 Å². The van der Waals surface area contributed by atoms with Gasteiger partial charge in [0.15, 0.2) is 0 Å². The van der Waals surface area contributed by atoms with Crippen LogP contribution in [0.15, 0.2) is 42.5 Å². The molecule has 0 aliphatic carbocycles. The number of aromatic amines is 1. The number of rotatable bonds is 4. The zero-order valence-corrected chi connectivity index (χ0v) is 12.8. The number of aromatic nitrogens is 2. The van der Waals surface area contributed by atoms with Crippen molar-refractivity contribution in [3.8, 4) is 0 Å². The topological polar surface area (TPSA) is 40.7 Å². The van der Waals surface area contributed by atoms with Crippen LogP contribution in [-0.2, 0) is 6.54 Å². The fourth-order valence-electron chi connectivity index (χ4n) is 2.66. The quantitative estimate of drug-likeness (QED) is 0.757. The zero-order chi connectivity index (χ0) is 14.8. The van der Waals surface area contributed by atoms with Crippen LogP contribution < -0.4 is 5.32 Å². The van der Waals surface area contributed by atoms with E-state index < -0.39 is 0 Å². The van der Waals surface area contributed by atoms with Gasteiger partial charge >= 0.3 is 0 Å². The maximum atomic E-state index is 4.65. The summed E-state index contributed by atoms with van der Waals surface area (Å²) in [4.78, 5) is 8.04. The number of H-pyrrole nitrogens is 1. The Balaban J connectivity index is 1.75. The van der Waals surface area contributed by atoms with Crippen molar-refractivity contribution >= 4 is 11.0 Å². The van der Waals surface area contributed by atoms with Crippen LogP contribution in [0.3, 0.4) is 0 Å². The third-order valence-corrected chi connectivity index (χ3v) is 4.05. The molecule has 0 amide bonds. The molecule has 2 N–H and O–H groups in total. The second kappa shape index (κ2) is 5.70. The second-order valence-corrected chi connectivity index (χ2v) is 5.61. The average molecular weight is 279 g/mol. The van der Waals surface area contributed by atoms with Crippen LogP contribution in [-0.4, -0.2) is 9.97 Å². The first kappa shape index (κ1) is 13.8. The summed E-state index contributed by atoms with van der Waals surface area (Å²) in [6.45, 7) is 7.33. The van der Waals surface area contributed by atoms with Crippen LogP contribution in [0.1, 0.15) is 35.5 Å². The normalized spacial score (nSPS) is 12.7. The van der Waals surface area contributed by atoms with E-state index in [9.17, 15) is 0 Å². The molecule has 1 aromatic heterocycles. The first-order chi connectivity index (χ1) is 10.1. The minimum absolute atomic E-state index is 0.191. The fraction of sp³-hybridized carbons (Fsp3) is 0.278. The standard InChI is InChI=1S/C18H21N3/c1-12-7-6-8-13(2)15(12)11-19-14(3)18-20-16-9-4-5-10-17(16)21-18/h4-10,14,19H,11H2,1-3H3,(H,20,21). The van der Waals surface area contributed by atoms with Crippen LogP contribution in [0.5, 0.6) is 0 Å². The summed E-state index contributed by atoms with van der Waals surface area (Å²) < 4.78 is 0. The summed E-state index contributed by atoms with van der Waals surface area (Å²) in [6, 6.07) is 14.8.